The van der Waals surface area contributed by atoms with Crippen LogP contribution in [0.15, 0.2) is 66.7 Å². The zero-order valence-corrected chi connectivity index (χ0v) is 29.7. The van der Waals surface area contributed by atoms with Crippen LogP contribution in [0.1, 0.15) is 106 Å². The van der Waals surface area contributed by atoms with Gasteiger partial charge in [-0.3, -0.25) is 0 Å². The van der Waals surface area contributed by atoms with E-state index in [0.29, 0.717) is 12.0 Å². The molecule has 3 nitrogen and oxygen atoms in total. The molecule has 0 amide bonds. The van der Waals surface area contributed by atoms with Crippen molar-refractivity contribution in [2.45, 2.75) is 112 Å². The molecule has 0 N–H and O–H groups in total. The van der Waals surface area contributed by atoms with Crippen LogP contribution in [0.25, 0.3) is 56.0 Å². The van der Waals surface area contributed by atoms with Gasteiger partial charge >= 0.3 is 0 Å². The summed E-state index contributed by atoms with van der Waals surface area (Å²) in [7, 11) is 0. The number of hydrogen-bond donors (Lipinski definition) is 0. The highest BCUT2D eigenvalue weighted by atomic mass is 16.5. The highest BCUT2D eigenvalue weighted by Crippen LogP contribution is 2.37. The van der Waals surface area contributed by atoms with Gasteiger partial charge < -0.3 is 13.9 Å². The maximum atomic E-state index is 6.32. The fourth-order valence-electron chi connectivity index (χ4n) is 7.46. The minimum absolute atomic E-state index is 0.253. The van der Waals surface area contributed by atoms with E-state index >= 15 is 0 Å². The summed E-state index contributed by atoms with van der Waals surface area (Å²) in [6.45, 7) is 22.9. The predicted octanol–water partition coefficient (Wildman–Crippen LogP) is 11.3. The van der Waals surface area contributed by atoms with Gasteiger partial charge in [-0.2, -0.15) is 0 Å². The Balaban J connectivity index is 0.000000181. The SMILES string of the molecule is C=c1c2cccc3c(OCC(CC)CCCC)ccc(c32)n1C(C)CC.CC.CCC1(C)CC=c2c3cccc4cccc(c43)n21. The largest absolute Gasteiger partial charge is 0.493 e. The van der Waals surface area contributed by atoms with Crippen LogP contribution in [0.4, 0.5) is 0 Å². The molecule has 0 saturated heterocycles. The molecule has 0 aliphatic carbocycles. The van der Waals surface area contributed by atoms with Gasteiger partial charge in [-0.1, -0.05) is 122 Å². The summed E-state index contributed by atoms with van der Waals surface area (Å²) < 4.78 is 11.3. The second-order valence-electron chi connectivity index (χ2n) is 13.3. The fourth-order valence-corrected chi connectivity index (χ4v) is 7.46. The molecule has 3 heterocycles. The van der Waals surface area contributed by atoms with Gasteiger partial charge in [0.15, 0.2) is 0 Å². The zero-order valence-electron chi connectivity index (χ0n) is 29.7. The molecule has 4 aromatic carbocycles. The summed E-state index contributed by atoms with van der Waals surface area (Å²) in [6, 6.07) is 24.7. The minimum Gasteiger partial charge on any atom is -0.493 e. The Morgan fingerprint density at radius 2 is 1.52 bits per heavy atom. The summed E-state index contributed by atoms with van der Waals surface area (Å²) >= 11 is 0. The van der Waals surface area contributed by atoms with Crippen molar-refractivity contribution in [1.29, 1.82) is 0 Å². The quantitative estimate of drug-likeness (QED) is 0.150. The van der Waals surface area contributed by atoms with Crippen LogP contribution in [-0.2, 0) is 5.54 Å². The van der Waals surface area contributed by atoms with E-state index in [1.807, 2.05) is 13.8 Å². The normalized spacial score (nSPS) is 17.0. The van der Waals surface area contributed by atoms with Crippen LogP contribution < -0.4 is 15.4 Å². The topological polar surface area (TPSA) is 19.1 Å². The molecule has 244 valence electrons. The van der Waals surface area contributed by atoms with Crippen LogP contribution in [-0.4, -0.2) is 15.7 Å². The third-order valence-corrected chi connectivity index (χ3v) is 10.6. The molecular formula is C43H56N2O. The Labute approximate surface area is 276 Å². The van der Waals surface area contributed by atoms with Crippen molar-refractivity contribution in [3.63, 3.8) is 0 Å². The highest BCUT2D eigenvalue weighted by molar-refractivity contribution is 6.12. The lowest BCUT2D eigenvalue weighted by Gasteiger charge is -2.27. The van der Waals surface area contributed by atoms with Gasteiger partial charge in [0, 0.05) is 49.2 Å². The van der Waals surface area contributed by atoms with Gasteiger partial charge in [-0.15, -0.1) is 0 Å². The molecule has 1 aliphatic rings. The number of benzene rings is 4. The van der Waals surface area contributed by atoms with E-state index in [1.54, 1.807) is 0 Å². The Kier molecular flexibility index (Phi) is 10.5. The second-order valence-corrected chi connectivity index (χ2v) is 13.3. The first-order valence-corrected chi connectivity index (χ1v) is 18.1. The number of rotatable bonds is 10. The third kappa shape index (κ3) is 5.83. The van der Waals surface area contributed by atoms with Gasteiger partial charge in [0.05, 0.1) is 17.6 Å². The standard InChI is InChI=1S/C24H33NO.C17H17N.C2H6/c1-6-9-11-19(8-3)16-26-23-15-14-22-24-20(12-10-13-21(23)24)18(5)25(22)17(4)7-2;1-3-17(2)11-10-14-13-8-4-6-12-7-5-9-15(16(12)13)18(14)17;1-2/h10,12-15,17,19H,5-9,11,16H2,1-4H3;4-10H,3,11H2,1-2H3;1-2H3. The maximum absolute atomic E-state index is 6.32. The van der Waals surface area contributed by atoms with Gasteiger partial charge in [-0.25, -0.2) is 0 Å². The second kappa shape index (κ2) is 14.4. The summed E-state index contributed by atoms with van der Waals surface area (Å²) in [5.41, 5.74) is 2.93. The minimum atomic E-state index is 0.253. The van der Waals surface area contributed by atoms with Gasteiger partial charge in [-0.05, 0) is 69.0 Å². The van der Waals surface area contributed by atoms with Crippen LogP contribution >= 0.6 is 0 Å². The molecule has 0 fully saturated rings. The van der Waals surface area contributed by atoms with Crippen LogP contribution in [0.2, 0.25) is 0 Å². The first-order valence-electron chi connectivity index (χ1n) is 18.1. The van der Waals surface area contributed by atoms with Crippen molar-refractivity contribution >= 4 is 56.0 Å². The summed E-state index contributed by atoms with van der Waals surface area (Å²) in [5.74, 6) is 1.66. The maximum Gasteiger partial charge on any atom is 0.127 e. The average Bonchev–Trinajstić information content (AvgIpc) is 3.73. The van der Waals surface area contributed by atoms with Gasteiger partial charge in [0.25, 0.3) is 0 Å². The third-order valence-electron chi connectivity index (χ3n) is 10.6. The summed E-state index contributed by atoms with van der Waals surface area (Å²) in [5, 5.41) is 10.5. The number of unbranched alkanes of at least 4 members (excludes halogenated alkanes) is 1. The molecule has 1 aliphatic heterocycles. The molecule has 3 unspecified atom stereocenters. The van der Waals surface area contributed by atoms with E-state index in [1.165, 1.54) is 80.8 Å². The number of ether oxygens (including phenoxy) is 1. The molecule has 3 atom stereocenters. The molecule has 6 aromatic rings. The Morgan fingerprint density at radius 3 is 2.22 bits per heavy atom. The first-order chi connectivity index (χ1) is 22.4. The molecule has 0 spiro atoms. The smallest absolute Gasteiger partial charge is 0.127 e. The van der Waals surface area contributed by atoms with E-state index in [9.17, 15) is 0 Å². The molecular weight excluding hydrogens is 560 g/mol. The van der Waals surface area contributed by atoms with Crippen molar-refractivity contribution in [3.05, 3.63) is 77.4 Å². The molecule has 46 heavy (non-hydrogen) atoms. The lowest BCUT2D eigenvalue weighted by molar-refractivity contribution is 0.235. The average molecular weight is 617 g/mol. The van der Waals surface area contributed by atoms with E-state index < -0.39 is 0 Å². The molecule has 7 rings (SSSR count). The Bertz CT molecular complexity index is 2000. The summed E-state index contributed by atoms with van der Waals surface area (Å²) in [6.07, 6.45) is 10.8. The van der Waals surface area contributed by atoms with Crippen molar-refractivity contribution < 1.29 is 4.74 Å². The van der Waals surface area contributed by atoms with Crippen molar-refractivity contribution in [2.75, 3.05) is 6.61 Å². The fraction of sp³-hybridized carbons (Fsp3) is 0.442. The molecule has 2 aromatic heterocycles. The summed E-state index contributed by atoms with van der Waals surface area (Å²) in [4.78, 5) is 0. The Morgan fingerprint density at radius 1 is 0.826 bits per heavy atom. The van der Waals surface area contributed by atoms with Crippen molar-refractivity contribution in [3.8, 4) is 5.75 Å². The van der Waals surface area contributed by atoms with Crippen LogP contribution in [0.3, 0.4) is 0 Å². The van der Waals surface area contributed by atoms with Crippen LogP contribution in [0.5, 0.6) is 5.75 Å². The molecule has 0 saturated carbocycles. The number of aromatic nitrogens is 2. The Hall–Kier alpha value is -3.72. The highest BCUT2D eigenvalue weighted by Gasteiger charge is 2.31. The first kappa shape index (κ1) is 33.6. The van der Waals surface area contributed by atoms with E-state index in [0.717, 1.165) is 30.5 Å². The molecule has 0 radical (unpaired) electrons. The van der Waals surface area contributed by atoms with Crippen molar-refractivity contribution in [2.24, 2.45) is 5.92 Å². The lowest BCUT2D eigenvalue weighted by Crippen LogP contribution is -2.30. The van der Waals surface area contributed by atoms with Gasteiger partial charge in [0.2, 0.25) is 0 Å². The van der Waals surface area contributed by atoms with E-state index in [-0.39, 0.29) is 5.54 Å². The molecule has 3 heteroatoms. The number of nitrogens with zero attached hydrogens (tertiary/aromatic N) is 2. The number of hydrogen-bond acceptors (Lipinski definition) is 1. The van der Waals surface area contributed by atoms with E-state index in [4.69, 9.17) is 4.74 Å². The molecule has 0 bridgehead atoms. The monoisotopic (exact) mass is 616 g/mol. The van der Waals surface area contributed by atoms with Crippen LogP contribution in [0, 0.1) is 5.92 Å². The predicted molar refractivity (Wildman–Crippen MR) is 203 cm³/mol. The van der Waals surface area contributed by atoms with E-state index in [2.05, 4.69) is 130 Å². The number of fused-ring (bicyclic) bond motifs is 3. The van der Waals surface area contributed by atoms with Crippen molar-refractivity contribution in [1.82, 2.24) is 9.13 Å². The van der Waals surface area contributed by atoms with Gasteiger partial charge in [0.1, 0.15) is 5.75 Å². The zero-order chi connectivity index (χ0) is 33.0. The lowest BCUT2D eigenvalue weighted by atomic mass is 9.95.